The number of amides is 1. The maximum atomic E-state index is 12.8. The van der Waals surface area contributed by atoms with Crippen LogP contribution in [0.2, 0.25) is 0 Å². The minimum absolute atomic E-state index is 0. The number of aliphatic imine (C=N–C) groups is 1. The number of benzene rings is 1. The summed E-state index contributed by atoms with van der Waals surface area (Å²) in [4.78, 5) is 17.6. The van der Waals surface area contributed by atoms with Gasteiger partial charge in [-0.05, 0) is 13.0 Å². The lowest BCUT2D eigenvalue weighted by Gasteiger charge is -2.16. The molecule has 0 aliphatic rings. The number of guanidine groups is 1. The van der Waals surface area contributed by atoms with Crippen LogP contribution in [0.5, 0.6) is 11.5 Å². The van der Waals surface area contributed by atoms with Gasteiger partial charge in [0.05, 0.1) is 26.3 Å². The molecule has 1 rings (SSSR count). The Kier molecular flexibility index (Phi) is 14.0. The Morgan fingerprint density at radius 3 is 2.59 bits per heavy atom. The van der Waals surface area contributed by atoms with Crippen molar-refractivity contribution >= 4 is 35.8 Å². The molecule has 0 spiro atoms. The van der Waals surface area contributed by atoms with Gasteiger partial charge in [0.25, 0.3) is 0 Å². The van der Waals surface area contributed by atoms with E-state index in [4.69, 9.17) is 9.47 Å². The third kappa shape index (κ3) is 10.5. The van der Waals surface area contributed by atoms with Crippen LogP contribution in [0.25, 0.3) is 0 Å². The van der Waals surface area contributed by atoms with Crippen LogP contribution in [0.3, 0.4) is 0 Å². The van der Waals surface area contributed by atoms with Gasteiger partial charge in [0.2, 0.25) is 5.91 Å². The number of likely N-dealkylation sites (N-methyl/N-ethyl adjacent to an activating group) is 1. The van der Waals surface area contributed by atoms with Crippen LogP contribution in [-0.2, 0) is 16.1 Å². The lowest BCUT2D eigenvalue weighted by Crippen LogP contribution is -2.43. The summed E-state index contributed by atoms with van der Waals surface area (Å²) in [6.07, 6.45) is 0. The third-order valence-corrected chi connectivity index (χ3v) is 3.48. The van der Waals surface area contributed by atoms with Gasteiger partial charge < -0.3 is 29.7 Å². The molecule has 0 unspecified atom stereocenters. The quantitative estimate of drug-likeness (QED) is 0.197. The molecule has 29 heavy (non-hydrogen) atoms. The summed E-state index contributed by atoms with van der Waals surface area (Å²) in [5, 5.41) is 5.91. The average molecular weight is 530 g/mol. The maximum absolute atomic E-state index is 12.8. The number of carbonyl (C=O) groups is 1. The fourth-order valence-electron chi connectivity index (χ4n) is 2.11. The second kappa shape index (κ2) is 15.0. The molecule has 0 aromatic heterocycles. The number of rotatable bonds is 11. The van der Waals surface area contributed by atoms with Gasteiger partial charge in [0.1, 0.15) is 0 Å². The topological polar surface area (TPSA) is 84.4 Å². The molecule has 1 aromatic rings. The Morgan fingerprint density at radius 1 is 1.28 bits per heavy atom. The molecule has 0 saturated heterocycles. The second-order valence-electron chi connectivity index (χ2n) is 5.78. The highest BCUT2D eigenvalue weighted by atomic mass is 127. The molecule has 0 bridgehead atoms. The van der Waals surface area contributed by atoms with Crippen molar-refractivity contribution in [2.45, 2.75) is 20.1 Å². The largest absolute Gasteiger partial charge is 0.490 e. The molecule has 0 aliphatic carbocycles. The van der Waals surface area contributed by atoms with Crippen LogP contribution in [0.15, 0.2) is 23.2 Å². The number of hydrogen-bond acceptors (Lipinski definition) is 5. The Hall–Kier alpha value is -1.89. The second-order valence-corrected chi connectivity index (χ2v) is 5.78. The van der Waals surface area contributed by atoms with Gasteiger partial charge in [0.15, 0.2) is 17.5 Å². The molecule has 2 N–H and O–H groups in total. The minimum atomic E-state index is -2.99. The predicted octanol–water partition coefficient (Wildman–Crippen LogP) is 2.07. The van der Waals surface area contributed by atoms with Crippen LogP contribution in [0.4, 0.5) is 8.78 Å². The zero-order valence-corrected chi connectivity index (χ0v) is 19.4. The number of ether oxygens (including phenoxy) is 3. The highest BCUT2D eigenvalue weighted by Gasteiger charge is 2.16. The van der Waals surface area contributed by atoms with E-state index in [1.54, 1.807) is 46.3 Å². The number of carbonyl (C=O) groups excluding carboxylic acids is 1. The van der Waals surface area contributed by atoms with Crippen molar-refractivity contribution in [2.75, 3.05) is 47.5 Å². The molecule has 8 nitrogen and oxygen atoms in total. The van der Waals surface area contributed by atoms with E-state index in [0.29, 0.717) is 31.3 Å². The van der Waals surface area contributed by atoms with E-state index >= 15 is 0 Å². The number of hydrogen-bond donors (Lipinski definition) is 2. The SMILES string of the molecule is CCOc1cccc(CN=C(NCCOC)NCC(=O)N(C)C)c1OC(F)F.I. The van der Waals surface area contributed by atoms with E-state index in [2.05, 4.69) is 20.4 Å². The zero-order chi connectivity index (χ0) is 20.9. The summed E-state index contributed by atoms with van der Waals surface area (Å²) in [6.45, 7) is 0.0384. The van der Waals surface area contributed by atoms with E-state index < -0.39 is 6.61 Å². The normalized spacial score (nSPS) is 10.9. The van der Waals surface area contributed by atoms with Crippen LogP contribution in [0, 0.1) is 0 Å². The Bertz CT molecular complexity index is 648. The van der Waals surface area contributed by atoms with Crippen LogP contribution in [0.1, 0.15) is 12.5 Å². The van der Waals surface area contributed by atoms with Gasteiger partial charge in [-0.25, -0.2) is 4.99 Å². The first-order valence-corrected chi connectivity index (χ1v) is 8.79. The first kappa shape index (κ1) is 27.1. The lowest BCUT2D eigenvalue weighted by atomic mass is 10.2. The molecular formula is C18H29F2IN4O4. The molecule has 0 aliphatic heterocycles. The summed E-state index contributed by atoms with van der Waals surface area (Å²) in [5.74, 6) is 0.377. The van der Waals surface area contributed by atoms with E-state index in [9.17, 15) is 13.6 Å². The molecule has 0 radical (unpaired) electrons. The van der Waals surface area contributed by atoms with Gasteiger partial charge >= 0.3 is 6.61 Å². The highest BCUT2D eigenvalue weighted by Crippen LogP contribution is 2.33. The smallest absolute Gasteiger partial charge is 0.387 e. The first-order chi connectivity index (χ1) is 13.4. The Morgan fingerprint density at radius 2 is 2.00 bits per heavy atom. The van der Waals surface area contributed by atoms with Crippen molar-refractivity contribution in [2.24, 2.45) is 4.99 Å². The molecular weight excluding hydrogens is 501 g/mol. The fraction of sp³-hybridized carbons (Fsp3) is 0.556. The Labute approximate surface area is 187 Å². The minimum Gasteiger partial charge on any atom is -0.490 e. The number of nitrogens with zero attached hydrogens (tertiary/aromatic N) is 2. The van der Waals surface area contributed by atoms with Crippen LogP contribution in [-0.4, -0.2) is 70.9 Å². The molecule has 0 fully saturated rings. The number of alkyl halides is 2. The van der Waals surface area contributed by atoms with Crippen molar-refractivity contribution in [3.05, 3.63) is 23.8 Å². The summed E-state index contributed by atoms with van der Waals surface area (Å²) >= 11 is 0. The molecule has 1 amide bonds. The van der Waals surface area contributed by atoms with Crippen molar-refractivity contribution in [1.82, 2.24) is 15.5 Å². The fourth-order valence-corrected chi connectivity index (χ4v) is 2.11. The van der Waals surface area contributed by atoms with Gasteiger partial charge in [-0.3, -0.25) is 4.79 Å². The van der Waals surface area contributed by atoms with E-state index in [1.807, 2.05) is 0 Å². The summed E-state index contributed by atoms with van der Waals surface area (Å²) in [6, 6.07) is 4.86. The summed E-state index contributed by atoms with van der Waals surface area (Å²) in [5.41, 5.74) is 0.429. The van der Waals surface area contributed by atoms with Crippen LogP contribution < -0.4 is 20.1 Å². The monoisotopic (exact) mass is 530 g/mol. The van der Waals surface area contributed by atoms with E-state index in [-0.39, 0.29) is 54.5 Å². The molecule has 0 atom stereocenters. The van der Waals surface area contributed by atoms with Crippen molar-refractivity contribution in [1.29, 1.82) is 0 Å². The number of para-hydroxylation sites is 1. The van der Waals surface area contributed by atoms with Gasteiger partial charge in [-0.2, -0.15) is 8.78 Å². The Balaban J connectivity index is 0.00000784. The average Bonchev–Trinajstić information content (AvgIpc) is 2.65. The zero-order valence-electron chi connectivity index (χ0n) is 17.0. The van der Waals surface area contributed by atoms with Crippen molar-refractivity contribution < 1.29 is 27.8 Å². The van der Waals surface area contributed by atoms with Gasteiger partial charge in [0, 0.05) is 33.3 Å². The summed E-state index contributed by atoms with van der Waals surface area (Å²) < 4.78 is 40.6. The molecule has 0 saturated carbocycles. The summed E-state index contributed by atoms with van der Waals surface area (Å²) in [7, 11) is 4.85. The standard InChI is InChI=1S/C18H28F2N4O4.HI/c1-5-27-14-8-6-7-13(16(14)28-17(19)20)11-22-18(21-9-10-26-4)23-12-15(25)24(2)3;/h6-8,17H,5,9-12H2,1-4H3,(H2,21,22,23);1H. The molecule has 166 valence electrons. The number of methoxy groups -OCH3 is 1. The van der Waals surface area contributed by atoms with Gasteiger partial charge in [-0.15, -0.1) is 24.0 Å². The van der Waals surface area contributed by atoms with E-state index in [0.717, 1.165) is 0 Å². The predicted molar refractivity (Wildman–Crippen MR) is 117 cm³/mol. The van der Waals surface area contributed by atoms with Gasteiger partial charge in [-0.1, -0.05) is 12.1 Å². The third-order valence-electron chi connectivity index (χ3n) is 3.48. The number of halogens is 3. The maximum Gasteiger partial charge on any atom is 0.387 e. The van der Waals surface area contributed by atoms with E-state index in [1.165, 1.54) is 4.90 Å². The van der Waals surface area contributed by atoms with Crippen molar-refractivity contribution in [3.63, 3.8) is 0 Å². The highest BCUT2D eigenvalue weighted by molar-refractivity contribution is 14.0. The molecule has 1 aromatic carbocycles. The van der Waals surface area contributed by atoms with Crippen LogP contribution >= 0.6 is 24.0 Å². The first-order valence-electron chi connectivity index (χ1n) is 8.79. The number of nitrogens with one attached hydrogen (secondary N) is 2. The van der Waals surface area contributed by atoms with Crippen molar-refractivity contribution in [3.8, 4) is 11.5 Å². The lowest BCUT2D eigenvalue weighted by molar-refractivity contribution is -0.127. The molecule has 11 heteroatoms. The molecule has 0 heterocycles.